The number of urea groups is 1. The fourth-order valence-electron chi connectivity index (χ4n) is 5.99. The Balaban J connectivity index is 1.33. The summed E-state index contributed by atoms with van der Waals surface area (Å²) >= 11 is 0. The van der Waals surface area contributed by atoms with Gasteiger partial charge in [0.1, 0.15) is 22.7 Å². The number of hydrogen-bond acceptors (Lipinski definition) is 9. The second kappa shape index (κ2) is 13.2. The number of anilines is 3. The van der Waals surface area contributed by atoms with Gasteiger partial charge in [-0.05, 0) is 51.0 Å². The van der Waals surface area contributed by atoms with Crippen molar-refractivity contribution in [2.75, 3.05) is 55.4 Å². The van der Waals surface area contributed by atoms with E-state index in [1.54, 1.807) is 12.0 Å². The zero-order valence-electron chi connectivity index (χ0n) is 26.1. The summed E-state index contributed by atoms with van der Waals surface area (Å²) in [6.45, 7) is 2.66. The van der Waals surface area contributed by atoms with E-state index in [9.17, 15) is 18.4 Å². The predicted octanol–water partition coefficient (Wildman–Crippen LogP) is 5.16. The van der Waals surface area contributed by atoms with Gasteiger partial charge in [-0.2, -0.15) is 13.8 Å². The molecular formula is C32H35F3N6O6. The van der Waals surface area contributed by atoms with Crippen LogP contribution in [0.5, 0.6) is 11.6 Å². The number of halogens is 3. The van der Waals surface area contributed by atoms with E-state index in [1.165, 1.54) is 42.5 Å². The fraction of sp³-hybridized carbons (Fsp3) is 0.438. The largest absolute Gasteiger partial charge is 0.469 e. The average Bonchev–Trinajstić information content (AvgIpc) is 3.31. The number of alkyl halides is 2. The highest BCUT2D eigenvalue weighted by molar-refractivity contribution is 6.03. The highest BCUT2D eigenvalue weighted by atomic mass is 19.3. The van der Waals surface area contributed by atoms with Crippen molar-refractivity contribution >= 4 is 29.3 Å². The summed E-state index contributed by atoms with van der Waals surface area (Å²) in [5.41, 5.74) is -0.273. The molecule has 3 aliphatic heterocycles. The van der Waals surface area contributed by atoms with Crippen molar-refractivity contribution in [3.8, 4) is 22.9 Å². The maximum atomic E-state index is 15.6. The quantitative estimate of drug-likeness (QED) is 0.321. The molecule has 2 aromatic carbocycles. The monoisotopic (exact) mass is 656 g/mol. The molecule has 2 unspecified atom stereocenters. The first-order valence-corrected chi connectivity index (χ1v) is 15.2. The number of nitrogens with zero attached hydrogens (tertiary/aromatic N) is 4. The first kappa shape index (κ1) is 32.3. The molecule has 47 heavy (non-hydrogen) atoms. The van der Waals surface area contributed by atoms with Crippen molar-refractivity contribution < 1.29 is 41.7 Å². The number of nitrogens with one attached hydrogen (secondary N) is 2. The van der Waals surface area contributed by atoms with Crippen LogP contribution in [0.25, 0.3) is 11.3 Å². The highest BCUT2D eigenvalue weighted by Gasteiger charge is 2.40. The number of aromatic nitrogens is 2. The number of carbonyl (C=O) groups excluding carboxylic acids is 2. The van der Waals surface area contributed by atoms with E-state index in [-0.39, 0.29) is 64.5 Å². The lowest BCUT2D eigenvalue weighted by atomic mass is 10.0. The average molecular weight is 657 g/mol. The Morgan fingerprint density at radius 2 is 1.87 bits per heavy atom. The minimum Gasteiger partial charge on any atom is -0.469 e. The van der Waals surface area contributed by atoms with Crippen LogP contribution in [-0.4, -0.2) is 91.1 Å². The normalized spacial score (nSPS) is 20.0. The van der Waals surface area contributed by atoms with Gasteiger partial charge in [-0.1, -0.05) is 12.1 Å². The molecule has 0 radical (unpaired) electrons. The van der Waals surface area contributed by atoms with E-state index in [1.807, 2.05) is 18.7 Å². The lowest BCUT2D eigenvalue weighted by Gasteiger charge is -2.33. The summed E-state index contributed by atoms with van der Waals surface area (Å²) < 4.78 is 62.7. The van der Waals surface area contributed by atoms with Gasteiger partial charge < -0.3 is 39.4 Å². The molecule has 0 aliphatic carbocycles. The molecule has 15 heteroatoms. The van der Waals surface area contributed by atoms with E-state index in [2.05, 4.69) is 15.4 Å². The Kier molecular flexibility index (Phi) is 9.10. The highest BCUT2D eigenvalue weighted by Crippen LogP contribution is 2.38. The molecule has 2 N–H and O–H groups in total. The Bertz CT molecular complexity index is 1650. The SMILES string of the molecule is COCCN1CC(C)(C)Oc2nc(N3CC4CCC(C3)O4)nc(-c3ccc(NC(=O)Nc4cccc(OC(F)F)c4)c(F)c3)c2C1=O. The molecule has 2 atom stereocenters. The maximum Gasteiger partial charge on any atom is 0.387 e. The van der Waals surface area contributed by atoms with Crippen molar-refractivity contribution in [1.82, 2.24) is 14.9 Å². The van der Waals surface area contributed by atoms with Crippen LogP contribution >= 0.6 is 0 Å². The zero-order valence-corrected chi connectivity index (χ0v) is 26.1. The van der Waals surface area contributed by atoms with Crippen LogP contribution in [0.2, 0.25) is 0 Å². The topological polar surface area (TPSA) is 127 Å². The number of methoxy groups -OCH3 is 1. The van der Waals surface area contributed by atoms with E-state index in [0.717, 1.165) is 12.8 Å². The number of amides is 3. The van der Waals surface area contributed by atoms with Gasteiger partial charge in [0.05, 0.1) is 36.7 Å². The Hall–Kier alpha value is -4.63. The van der Waals surface area contributed by atoms with Crippen LogP contribution in [0.3, 0.4) is 0 Å². The summed E-state index contributed by atoms with van der Waals surface area (Å²) in [5.74, 6) is -0.897. The first-order chi connectivity index (χ1) is 22.5. The molecule has 250 valence electrons. The summed E-state index contributed by atoms with van der Waals surface area (Å²) in [5, 5.41) is 4.88. The van der Waals surface area contributed by atoms with Gasteiger partial charge in [-0.25, -0.2) is 14.2 Å². The smallest absolute Gasteiger partial charge is 0.387 e. The number of carbonyl (C=O) groups is 2. The standard InChI is InChI=1S/C32H35F3N6O6/c1-32(2)17-40(11-12-44-3)28(42)25-26(38-30(39-27(25)47-32)41-15-21-8-9-22(16-41)45-21)18-7-10-24(23(33)13-18)37-31(43)36-19-5-4-6-20(14-19)46-29(34)35/h4-7,10,13-14,21-22,29H,8-9,11-12,15-17H2,1-3H3,(H2,36,37,43). The summed E-state index contributed by atoms with van der Waals surface area (Å²) in [6, 6.07) is 8.64. The van der Waals surface area contributed by atoms with Gasteiger partial charge in [0, 0.05) is 44.1 Å². The van der Waals surface area contributed by atoms with Crippen LogP contribution in [0.1, 0.15) is 37.0 Å². The lowest BCUT2D eigenvalue weighted by molar-refractivity contribution is -0.0498. The Morgan fingerprint density at radius 3 is 2.57 bits per heavy atom. The molecule has 3 amide bonds. The summed E-state index contributed by atoms with van der Waals surface area (Å²) in [6.07, 6.45) is 1.93. The van der Waals surface area contributed by atoms with Crippen molar-refractivity contribution in [2.24, 2.45) is 0 Å². The molecule has 6 rings (SSSR count). The number of hydrogen-bond donors (Lipinski definition) is 2. The molecule has 3 aromatic rings. The molecule has 4 heterocycles. The molecule has 1 aromatic heterocycles. The maximum absolute atomic E-state index is 15.6. The Morgan fingerprint density at radius 1 is 1.11 bits per heavy atom. The molecular weight excluding hydrogens is 621 g/mol. The van der Waals surface area contributed by atoms with Crippen LogP contribution < -0.4 is 25.0 Å². The molecule has 2 saturated heterocycles. The van der Waals surface area contributed by atoms with Crippen LogP contribution in [0.15, 0.2) is 42.5 Å². The molecule has 0 saturated carbocycles. The third-order valence-corrected chi connectivity index (χ3v) is 8.01. The van der Waals surface area contributed by atoms with Crippen LogP contribution in [-0.2, 0) is 9.47 Å². The number of rotatable bonds is 9. The number of benzene rings is 2. The van der Waals surface area contributed by atoms with Gasteiger partial charge in [0.25, 0.3) is 5.91 Å². The second-order valence-electron chi connectivity index (χ2n) is 12.2. The van der Waals surface area contributed by atoms with Gasteiger partial charge in [0.15, 0.2) is 0 Å². The van der Waals surface area contributed by atoms with Gasteiger partial charge in [-0.15, -0.1) is 0 Å². The van der Waals surface area contributed by atoms with E-state index < -0.39 is 24.1 Å². The predicted molar refractivity (Wildman–Crippen MR) is 166 cm³/mol. The van der Waals surface area contributed by atoms with Gasteiger partial charge in [0.2, 0.25) is 11.8 Å². The molecule has 12 nitrogen and oxygen atoms in total. The van der Waals surface area contributed by atoms with E-state index in [4.69, 9.17) is 24.2 Å². The van der Waals surface area contributed by atoms with Crippen LogP contribution in [0.4, 0.5) is 35.3 Å². The van der Waals surface area contributed by atoms with Crippen molar-refractivity contribution in [2.45, 2.75) is 51.1 Å². The third kappa shape index (κ3) is 7.36. The summed E-state index contributed by atoms with van der Waals surface area (Å²) in [7, 11) is 1.55. The van der Waals surface area contributed by atoms with Crippen molar-refractivity contribution in [1.29, 1.82) is 0 Å². The Labute approximate surface area is 269 Å². The lowest BCUT2D eigenvalue weighted by Crippen LogP contribution is -2.44. The number of ether oxygens (including phenoxy) is 4. The van der Waals surface area contributed by atoms with Crippen LogP contribution in [0, 0.1) is 5.82 Å². The fourth-order valence-corrected chi connectivity index (χ4v) is 5.99. The van der Waals surface area contributed by atoms with Gasteiger partial charge in [-0.3, -0.25) is 4.79 Å². The number of fused-ring (bicyclic) bond motifs is 3. The van der Waals surface area contributed by atoms with Gasteiger partial charge >= 0.3 is 12.6 Å². The minimum absolute atomic E-state index is 0.0383. The second-order valence-corrected chi connectivity index (χ2v) is 12.2. The third-order valence-electron chi connectivity index (χ3n) is 8.01. The van der Waals surface area contributed by atoms with Crippen molar-refractivity contribution in [3.63, 3.8) is 0 Å². The van der Waals surface area contributed by atoms with E-state index >= 15 is 4.39 Å². The molecule has 0 spiro atoms. The first-order valence-electron chi connectivity index (χ1n) is 15.2. The van der Waals surface area contributed by atoms with E-state index in [0.29, 0.717) is 32.2 Å². The minimum atomic E-state index is -3.03. The molecule has 3 aliphatic rings. The molecule has 2 fully saturated rings. The zero-order chi connectivity index (χ0) is 33.3. The number of morpholine rings is 1. The summed E-state index contributed by atoms with van der Waals surface area (Å²) in [4.78, 5) is 39.9. The van der Waals surface area contributed by atoms with Crippen molar-refractivity contribution in [3.05, 3.63) is 53.8 Å². The molecule has 2 bridgehead atoms.